The molecule has 4 heteroatoms. The van der Waals surface area contributed by atoms with Crippen LogP contribution < -0.4 is 0 Å². The minimum absolute atomic E-state index is 0.0169. The van der Waals surface area contributed by atoms with Gasteiger partial charge in [-0.25, -0.2) is 0 Å². The number of thioether (sulfide) groups is 1. The molecule has 0 aliphatic rings. The second-order valence-electron chi connectivity index (χ2n) is 5.73. The van der Waals surface area contributed by atoms with Crippen LogP contribution >= 0.6 is 11.8 Å². The largest absolute Gasteiger partial charge is 0.507 e. The molecular weight excluding hydrogens is 318 g/mol. The Morgan fingerprint density at radius 3 is 2.29 bits per heavy atom. The number of hydrogen-bond acceptors (Lipinski definition) is 3. The fraction of sp³-hybridized carbons (Fsp3) is 0.150. The molecule has 0 saturated carbocycles. The zero-order valence-corrected chi connectivity index (χ0v) is 14.5. The van der Waals surface area contributed by atoms with Crippen molar-refractivity contribution < 1.29 is 9.90 Å². The van der Waals surface area contributed by atoms with Crippen molar-refractivity contribution in [3.05, 3.63) is 71.8 Å². The third-order valence-electron chi connectivity index (χ3n) is 4.02. The lowest BCUT2D eigenvalue weighted by atomic mass is 10.0. The highest BCUT2D eigenvalue weighted by atomic mass is 32.2. The van der Waals surface area contributed by atoms with Gasteiger partial charge < -0.3 is 10.0 Å². The van der Waals surface area contributed by atoms with Crippen molar-refractivity contribution in [1.82, 2.24) is 4.90 Å². The number of phenolic OH excluding ortho intramolecular Hbond substituents is 1. The highest BCUT2D eigenvalue weighted by molar-refractivity contribution is 7.98. The van der Waals surface area contributed by atoms with Gasteiger partial charge >= 0.3 is 0 Å². The maximum atomic E-state index is 12.7. The van der Waals surface area contributed by atoms with Gasteiger partial charge in [-0.05, 0) is 46.9 Å². The highest BCUT2D eigenvalue weighted by Gasteiger charge is 2.17. The molecule has 0 aliphatic carbocycles. The van der Waals surface area contributed by atoms with Crippen LogP contribution in [0.25, 0.3) is 10.8 Å². The summed E-state index contributed by atoms with van der Waals surface area (Å²) in [6, 6.07) is 19.2. The molecule has 24 heavy (non-hydrogen) atoms. The van der Waals surface area contributed by atoms with Crippen LogP contribution in [0.4, 0.5) is 0 Å². The number of carbonyl (C=O) groups excluding carboxylic acids is 1. The van der Waals surface area contributed by atoms with E-state index in [4.69, 9.17) is 0 Å². The van der Waals surface area contributed by atoms with Crippen LogP contribution in [0.5, 0.6) is 5.75 Å². The SMILES string of the molecule is CSc1ccc(CN(C)C(=O)c2cc3ccccc3cc2O)cc1. The average molecular weight is 337 g/mol. The van der Waals surface area contributed by atoms with E-state index >= 15 is 0 Å². The molecule has 0 unspecified atom stereocenters. The molecule has 3 rings (SSSR count). The Kier molecular flexibility index (Phi) is 4.76. The molecule has 0 atom stereocenters. The average Bonchev–Trinajstić information content (AvgIpc) is 2.61. The topological polar surface area (TPSA) is 40.5 Å². The van der Waals surface area contributed by atoms with Crippen LogP contribution in [0.1, 0.15) is 15.9 Å². The minimum Gasteiger partial charge on any atom is -0.507 e. The van der Waals surface area contributed by atoms with Crippen molar-refractivity contribution in [2.45, 2.75) is 11.4 Å². The number of hydrogen-bond donors (Lipinski definition) is 1. The van der Waals surface area contributed by atoms with E-state index in [1.165, 1.54) is 4.90 Å². The molecule has 1 N–H and O–H groups in total. The Hall–Kier alpha value is -2.46. The third-order valence-corrected chi connectivity index (χ3v) is 4.76. The molecule has 0 saturated heterocycles. The van der Waals surface area contributed by atoms with Gasteiger partial charge in [-0.3, -0.25) is 4.79 Å². The Morgan fingerprint density at radius 1 is 1.04 bits per heavy atom. The first-order valence-electron chi connectivity index (χ1n) is 7.68. The normalized spacial score (nSPS) is 10.8. The molecule has 3 aromatic rings. The van der Waals surface area contributed by atoms with Gasteiger partial charge in [-0.15, -0.1) is 11.8 Å². The maximum absolute atomic E-state index is 12.7. The van der Waals surface area contributed by atoms with E-state index in [1.807, 2.05) is 54.8 Å². The first kappa shape index (κ1) is 16.4. The Bertz CT molecular complexity index is 874. The number of phenols is 1. The smallest absolute Gasteiger partial charge is 0.257 e. The van der Waals surface area contributed by atoms with Gasteiger partial charge in [0.05, 0.1) is 5.56 Å². The van der Waals surface area contributed by atoms with Gasteiger partial charge in [0.2, 0.25) is 0 Å². The summed E-state index contributed by atoms with van der Waals surface area (Å²) >= 11 is 1.69. The number of rotatable bonds is 4. The monoisotopic (exact) mass is 337 g/mol. The number of carbonyl (C=O) groups is 1. The molecule has 3 aromatic carbocycles. The summed E-state index contributed by atoms with van der Waals surface area (Å²) in [6.45, 7) is 0.500. The summed E-state index contributed by atoms with van der Waals surface area (Å²) < 4.78 is 0. The van der Waals surface area contributed by atoms with E-state index in [2.05, 4.69) is 0 Å². The molecule has 0 fully saturated rings. The number of nitrogens with zero attached hydrogens (tertiary/aromatic N) is 1. The molecular formula is C20H19NO2S. The van der Waals surface area contributed by atoms with E-state index in [1.54, 1.807) is 35.8 Å². The Balaban J connectivity index is 1.83. The molecule has 0 spiro atoms. The summed E-state index contributed by atoms with van der Waals surface area (Å²) in [4.78, 5) is 15.5. The first-order chi connectivity index (χ1) is 11.6. The van der Waals surface area contributed by atoms with Crippen molar-refractivity contribution in [1.29, 1.82) is 0 Å². The standard InChI is InChI=1S/C20H19NO2S/c1-21(13-14-7-9-17(24-2)10-8-14)20(23)18-11-15-5-3-4-6-16(15)12-19(18)22/h3-12,22H,13H2,1-2H3. The third kappa shape index (κ3) is 3.39. The van der Waals surface area contributed by atoms with Gasteiger partial charge in [0.1, 0.15) is 5.75 Å². The molecule has 122 valence electrons. The van der Waals surface area contributed by atoms with E-state index < -0.39 is 0 Å². The van der Waals surface area contributed by atoms with E-state index in [0.29, 0.717) is 12.1 Å². The first-order valence-corrected chi connectivity index (χ1v) is 8.91. The summed E-state index contributed by atoms with van der Waals surface area (Å²) in [5.41, 5.74) is 1.39. The zero-order valence-electron chi connectivity index (χ0n) is 13.7. The van der Waals surface area contributed by atoms with Gasteiger partial charge in [0.25, 0.3) is 5.91 Å². The predicted octanol–water partition coefficient (Wildman–Crippen LogP) is 4.54. The lowest BCUT2D eigenvalue weighted by Gasteiger charge is -2.18. The van der Waals surface area contributed by atoms with E-state index in [9.17, 15) is 9.90 Å². The van der Waals surface area contributed by atoms with Crippen LogP contribution in [0.15, 0.2) is 65.6 Å². The maximum Gasteiger partial charge on any atom is 0.257 e. The van der Waals surface area contributed by atoms with Crippen LogP contribution in [0.3, 0.4) is 0 Å². The fourth-order valence-electron chi connectivity index (χ4n) is 2.68. The fourth-order valence-corrected chi connectivity index (χ4v) is 3.09. The summed E-state index contributed by atoms with van der Waals surface area (Å²) in [6.07, 6.45) is 2.03. The second kappa shape index (κ2) is 6.97. The predicted molar refractivity (Wildman–Crippen MR) is 99.6 cm³/mol. The van der Waals surface area contributed by atoms with E-state index in [0.717, 1.165) is 16.3 Å². The van der Waals surface area contributed by atoms with Crippen LogP contribution in [0, 0.1) is 0 Å². The number of fused-ring (bicyclic) bond motifs is 1. The van der Waals surface area contributed by atoms with E-state index in [-0.39, 0.29) is 11.7 Å². The quantitative estimate of drug-likeness (QED) is 0.711. The minimum atomic E-state index is -0.188. The van der Waals surface area contributed by atoms with Crippen molar-refractivity contribution in [2.24, 2.45) is 0 Å². The van der Waals surface area contributed by atoms with Crippen LogP contribution in [-0.2, 0) is 6.54 Å². The second-order valence-corrected chi connectivity index (χ2v) is 6.61. The summed E-state index contributed by atoms with van der Waals surface area (Å²) in [5.74, 6) is -0.171. The molecule has 0 bridgehead atoms. The summed E-state index contributed by atoms with van der Waals surface area (Å²) in [7, 11) is 1.75. The molecule has 0 aliphatic heterocycles. The molecule has 0 aromatic heterocycles. The molecule has 0 heterocycles. The van der Waals surface area contributed by atoms with Crippen molar-refractivity contribution in [2.75, 3.05) is 13.3 Å². The zero-order chi connectivity index (χ0) is 17.1. The summed E-state index contributed by atoms with van der Waals surface area (Å²) in [5, 5.41) is 12.1. The Labute approximate surface area is 145 Å². The van der Waals surface area contributed by atoms with Crippen molar-refractivity contribution in [3.8, 4) is 5.75 Å². The molecule has 0 radical (unpaired) electrons. The highest BCUT2D eigenvalue weighted by Crippen LogP contribution is 2.26. The lowest BCUT2D eigenvalue weighted by Crippen LogP contribution is -2.26. The van der Waals surface area contributed by atoms with Gasteiger partial charge in [-0.1, -0.05) is 36.4 Å². The van der Waals surface area contributed by atoms with Crippen LogP contribution in [0.2, 0.25) is 0 Å². The molecule has 1 amide bonds. The van der Waals surface area contributed by atoms with Gasteiger partial charge in [0.15, 0.2) is 0 Å². The van der Waals surface area contributed by atoms with Crippen molar-refractivity contribution in [3.63, 3.8) is 0 Å². The van der Waals surface area contributed by atoms with Crippen molar-refractivity contribution >= 4 is 28.4 Å². The molecule has 3 nitrogen and oxygen atoms in total. The Morgan fingerprint density at radius 2 is 1.67 bits per heavy atom. The van der Waals surface area contributed by atoms with Gasteiger partial charge in [0, 0.05) is 18.5 Å². The number of benzene rings is 3. The van der Waals surface area contributed by atoms with Crippen LogP contribution in [-0.4, -0.2) is 29.2 Å². The lowest BCUT2D eigenvalue weighted by molar-refractivity contribution is 0.0782. The van der Waals surface area contributed by atoms with Gasteiger partial charge in [-0.2, -0.15) is 0 Å². The number of aromatic hydroxyl groups is 1. The number of amides is 1.